The first-order valence-electron chi connectivity index (χ1n) is 27.8. The van der Waals surface area contributed by atoms with Crippen LogP contribution in [0, 0.1) is 0 Å². The van der Waals surface area contributed by atoms with Gasteiger partial charge < -0.3 is 9.88 Å². The van der Waals surface area contributed by atoms with Crippen LogP contribution in [-0.2, 0) is 6.42 Å². The maximum atomic E-state index is 5.64. The molecule has 0 spiro atoms. The number of rotatable bonds is 15. The van der Waals surface area contributed by atoms with Crippen LogP contribution in [0.15, 0.2) is 295 Å². The SMILES string of the molecule is CC/C=C/c1ccc(-c2ccccc2)c(-c2ccc(-c3cc(-c4ccccc4)cc4c5cc(-c6ccccc6)ccc5n(C(CN=C(N=C(NC)c5ccccc5)c5ccccc5)Cc5ccc(-c6ccccc6)cc5)c34)cc2)c1. The summed E-state index contributed by atoms with van der Waals surface area (Å²) in [6.07, 6.45) is 6.16. The molecule has 0 aliphatic heterocycles. The molecule has 0 radical (unpaired) electrons. The van der Waals surface area contributed by atoms with E-state index in [1.54, 1.807) is 0 Å². The van der Waals surface area contributed by atoms with Crippen molar-refractivity contribution >= 4 is 39.6 Å². The fourth-order valence-corrected chi connectivity index (χ4v) is 11.2. The van der Waals surface area contributed by atoms with Crippen molar-refractivity contribution in [3.05, 3.63) is 307 Å². The molecule has 0 aliphatic rings. The largest absolute Gasteiger partial charge is 0.373 e. The molecule has 1 unspecified atom stereocenters. The summed E-state index contributed by atoms with van der Waals surface area (Å²) >= 11 is 0. The Kier molecular flexibility index (Phi) is 15.1. The molecule has 0 saturated heterocycles. The van der Waals surface area contributed by atoms with Crippen molar-refractivity contribution in [2.75, 3.05) is 13.6 Å². The minimum atomic E-state index is -0.156. The highest BCUT2D eigenvalue weighted by molar-refractivity contribution is 6.16. The van der Waals surface area contributed by atoms with Crippen molar-refractivity contribution in [1.82, 2.24) is 9.88 Å². The van der Waals surface area contributed by atoms with Gasteiger partial charge >= 0.3 is 0 Å². The fourth-order valence-electron chi connectivity index (χ4n) is 11.2. The van der Waals surface area contributed by atoms with Crippen LogP contribution in [0.3, 0.4) is 0 Å². The summed E-state index contributed by atoms with van der Waals surface area (Å²) in [5, 5.41) is 5.78. The second-order valence-electron chi connectivity index (χ2n) is 20.3. The van der Waals surface area contributed by atoms with Crippen LogP contribution in [0.1, 0.15) is 41.6 Å². The quantitative estimate of drug-likeness (QED) is 0.0807. The van der Waals surface area contributed by atoms with Gasteiger partial charge in [-0.2, -0.15) is 0 Å². The average Bonchev–Trinajstić information content (AvgIpc) is 4.09. The summed E-state index contributed by atoms with van der Waals surface area (Å²) < 4.78 is 2.62. The molecule has 12 rings (SSSR count). The Hall–Kier alpha value is -9.90. The van der Waals surface area contributed by atoms with Crippen LogP contribution >= 0.6 is 0 Å². The molecule has 1 N–H and O–H groups in total. The molecule has 0 amide bonds. The molecule has 4 nitrogen and oxygen atoms in total. The number of fused-ring (bicyclic) bond motifs is 3. The van der Waals surface area contributed by atoms with Crippen molar-refractivity contribution in [3.8, 4) is 66.8 Å². The van der Waals surface area contributed by atoms with E-state index in [4.69, 9.17) is 9.98 Å². The van der Waals surface area contributed by atoms with E-state index in [0.29, 0.717) is 18.8 Å². The predicted octanol–water partition coefficient (Wildman–Crippen LogP) is 19.1. The van der Waals surface area contributed by atoms with Crippen molar-refractivity contribution in [1.29, 1.82) is 0 Å². The molecule has 386 valence electrons. The normalized spacial score (nSPS) is 12.3. The molecule has 0 bridgehead atoms. The van der Waals surface area contributed by atoms with Gasteiger partial charge in [0.25, 0.3) is 0 Å². The summed E-state index contributed by atoms with van der Waals surface area (Å²) in [5.74, 6) is 1.42. The van der Waals surface area contributed by atoms with E-state index in [1.165, 1.54) is 77.5 Å². The van der Waals surface area contributed by atoms with E-state index in [0.717, 1.165) is 45.6 Å². The highest BCUT2D eigenvalue weighted by atomic mass is 15.1. The van der Waals surface area contributed by atoms with E-state index < -0.39 is 0 Å². The number of nitrogens with one attached hydrogen (secondary N) is 1. The van der Waals surface area contributed by atoms with Crippen LogP contribution in [0.25, 0.3) is 94.6 Å². The Balaban J connectivity index is 1.10. The third kappa shape index (κ3) is 11.0. The second kappa shape index (κ2) is 23.8. The molecular formula is C76H62N4. The summed E-state index contributed by atoms with van der Waals surface area (Å²) in [6, 6.07) is 101. The van der Waals surface area contributed by atoms with E-state index in [1.807, 2.05) is 31.3 Å². The van der Waals surface area contributed by atoms with Gasteiger partial charge in [-0.3, -0.25) is 4.99 Å². The number of allylic oxidation sites excluding steroid dienone is 1. The number of hydrogen-bond acceptors (Lipinski definition) is 1. The molecule has 0 aliphatic carbocycles. The van der Waals surface area contributed by atoms with Crippen LogP contribution < -0.4 is 5.32 Å². The smallest absolute Gasteiger partial charge is 0.157 e. The van der Waals surface area contributed by atoms with Crippen LogP contribution in [0.2, 0.25) is 0 Å². The van der Waals surface area contributed by atoms with Crippen molar-refractivity contribution < 1.29 is 0 Å². The standard InChI is InChI=1S/C76H62N4/c1-3-4-23-54-38-46-68(60-30-17-8-18-31-60)69(49-54)61-41-43-62(44-42-61)70-51-66(58-28-15-7-16-29-58)52-72-71-50-65(57-26-13-6-14-27-57)45-47-73(71)80(74(70)72)67(48-55-36-39-59(40-37-55)56-24-11-5-12-25-56)53-78-76(64-34-21-10-22-35-64)79-75(77-2)63-32-19-9-20-33-63/h4-47,49-52,67H,3,48,53H2,1-2H3,(H,77,78,79)/b23-4+. The molecule has 0 saturated carbocycles. The van der Waals surface area contributed by atoms with Gasteiger partial charge in [0, 0.05) is 40.0 Å². The molecule has 12 aromatic rings. The Morgan fingerprint density at radius 3 is 1.52 bits per heavy atom. The summed E-state index contributed by atoms with van der Waals surface area (Å²) in [4.78, 5) is 11.0. The average molecular weight is 1030 g/mol. The first-order valence-corrected chi connectivity index (χ1v) is 27.8. The van der Waals surface area contributed by atoms with Gasteiger partial charge in [-0.1, -0.05) is 268 Å². The Morgan fingerprint density at radius 2 is 0.925 bits per heavy atom. The first-order chi connectivity index (χ1) is 39.6. The number of benzene rings is 11. The number of nitrogens with zero attached hydrogens (tertiary/aromatic N) is 3. The number of hydrogen-bond donors (Lipinski definition) is 1. The van der Waals surface area contributed by atoms with Crippen molar-refractivity contribution in [2.45, 2.75) is 25.8 Å². The van der Waals surface area contributed by atoms with Gasteiger partial charge in [0.15, 0.2) is 5.84 Å². The van der Waals surface area contributed by atoms with Gasteiger partial charge in [0.05, 0.1) is 18.1 Å². The molecule has 11 aromatic carbocycles. The lowest BCUT2D eigenvalue weighted by Crippen LogP contribution is -2.22. The van der Waals surface area contributed by atoms with Gasteiger partial charge in [0.1, 0.15) is 5.84 Å². The minimum Gasteiger partial charge on any atom is -0.373 e. The zero-order valence-corrected chi connectivity index (χ0v) is 45.3. The molecule has 80 heavy (non-hydrogen) atoms. The Morgan fingerprint density at radius 1 is 0.438 bits per heavy atom. The molecule has 4 heteroatoms. The zero-order valence-electron chi connectivity index (χ0n) is 45.3. The number of aliphatic imine (C=N–C) groups is 2. The van der Waals surface area contributed by atoms with Gasteiger partial charge in [-0.15, -0.1) is 0 Å². The molecular weight excluding hydrogens is 969 g/mol. The van der Waals surface area contributed by atoms with Crippen LogP contribution in [0.5, 0.6) is 0 Å². The van der Waals surface area contributed by atoms with Gasteiger partial charge in [-0.05, 0) is 115 Å². The second-order valence-corrected chi connectivity index (χ2v) is 20.3. The highest BCUT2D eigenvalue weighted by Crippen LogP contribution is 2.44. The summed E-state index contributed by atoms with van der Waals surface area (Å²) in [6.45, 7) is 2.63. The molecule has 1 atom stereocenters. The first kappa shape index (κ1) is 50.9. The third-order valence-corrected chi connectivity index (χ3v) is 15.2. The van der Waals surface area contributed by atoms with E-state index in [2.05, 4.69) is 284 Å². The number of aromatic nitrogens is 1. The summed E-state index contributed by atoms with van der Waals surface area (Å²) in [7, 11) is 1.93. The van der Waals surface area contributed by atoms with Crippen LogP contribution in [-0.4, -0.2) is 29.8 Å². The van der Waals surface area contributed by atoms with Crippen molar-refractivity contribution in [3.63, 3.8) is 0 Å². The Bertz CT molecular complexity index is 4130. The lowest BCUT2D eigenvalue weighted by molar-refractivity contribution is 0.539. The lowest BCUT2D eigenvalue weighted by atomic mass is 9.90. The Labute approximate surface area is 470 Å². The third-order valence-electron chi connectivity index (χ3n) is 15.2. The highest BCUT2D eigenvalue weighted by Gasteiger charge is 2.25. The zero-order chi connectivity index (χ0) is 54.0. The van der Waals surface area contributed by atoms with Crippen LogP contribution in [0.4, 0.5) is 0 Å². The number of amidine groups is 2. The van der Waals surface area contributed by atoms with E-state index >= 15 is 0 Å². The molecule has 1 heterocycles. The monoisotopic (exact) mass is 1030 g/mol. The van der Waals surface area contributed by atoms with E-state index in [9.17, 15) is 0 Å². The molecule has 1 aromatic heterocycles. The topological polar surface area (TPSA) is 41.7 Å². The molecule has 0 fully saturated rings. The van der Waals surface area contributed by atoms with Gasteiger partial charge in [-0.25, -0.2) is 4.99 Å². The van der Waals surface area contributed by atoms with Crippen molar-refractivity contribution in [2.24, 2.45) is 9.98 Å². The summed E-state index contributed by atoms with van der Waals surface area (Å²) in [5.41, 5.74) is 20.8. The predicted molar refractivity (Wildman–Crippen MR) is 340 cm³/mol. The maximum Gasteiger partial charge on any atom is 0.157 e. The lowest BCUT2D eigenvalue weighted by Gasteiger charge is -2.23. The maximum absolute atomic E-state index is 5.64. The fraction of sp³-hybridized carbons (Fsp3) is 0.0789. The van der Waals surface area contributed by atoms with E-state index in [-0.39, 0.29) is 6.04 Å². The minimum absolute atomic E-state index is 0.156. The van der Waals surface area contributed by atoms with Gasteiger partial charge in [0.2, 0.25) is 0 Å².